The minimum Gasteiger partial charge on any atom is -0.315 e. The average molecular weight is 337 g/mol. The van der Waals surface area contributed by atoms with Crippen molar-refractivity contribution in [1.82, 2.24) is 20.3 Å². The van der Waals surface area contributed by atoms with Gasteiger partial charge in [0.2, 0.25) is 0 Å². The molecule has 0 bridgehead atoms. The molecule has 0 atom stereocenters. The normalized spacial score (nSPS) is 12.2. The first-order valence-electron chi connectivity index (χ1n) is 9.99. The maximum atomic E-state index is 4.28. The van der Waals surface area contributed by atoms with Crippen LogP contribution >= 0.6 is 0 Å². The van der Waals surface area contributed by atoms with Crippen LogP contribution in [0.15, 0.2) is 6.20 Å². The van der Waals surface area contributed by atoms with Gasteiger partial charge in [-0.25, -0.2) is 0 Å². The second-order valence-corrected chi connectivity index (χ2v) is 8.65. The van der Waals surface area contributed by atoms with Crippen molar-refractivity contribution in [1.29, 1.82) is 0 Å². The number of nitrogens with zero attached hydrogens (tertiary/aromatic N) is 3. The summed E-state index contributed by atoms with van der Waals surface area (Å²) in [4.78, 5) is 0. The standard InChI is InChI=1S/C20H40N4/c1-18(2)21-14-12-10-8-6-7-9-11-13-15-24-17-19(22-23-24)16-20(3,4)5/h17-18,21H,6-16H2,1-5H3. The van der Waals surface area contributed by atoms with Crippen molar-refractivity contribution >= 4 is 0 Å². The quantitative estimate of drug-likeness (QED) is 0.516. The zero-order valence-corrected chi connectivity index (χ0v) is 16.8. The summed E-state index contributed by atoms with van der Waals surface area (Å²) in [7, 11) is 0. The smallest absolute Gasteiger partial charge is 0.0832 e. The van der Waals surface area contributed by atoms with Crippen molar-refractivity contribution in [3.63, 3.8) is 0 Å². The molecule has 1 heterocycles. The van der Waals surface area contributed by atoms with Gasteiger partial charge >= 0.3 is 0 Å². The Morgan fingerprint density at radius 3 is 2.12 bits per heavy atom. The Labute approximate surface area is 149 Å². The number of rotatable bonds is 13. The first-order chi connectivity index (χ1) is 11.4. The van der Waals surface area contributed by atoms with Gasteiger partial charge in [0.1, 0.15) is 0 Å². The minimum absolute atomic E-state index is 0.283. The Bertz CT molecular complexity index is 418. The van der Waals surface area contributed by atoms with E-state index < -0.39 is 0 Å². The minimum atomic E-state index is 0.283. The molecule has 1 aromatic rings. The highest BCUT2D eigenvalue weighted by Gasteiger charge is 2.13. The molecule has 1 rings (SSSR count). The van der Waals surface area contributed by atoms with Crippen molar-refractivity contribution in [2.45, 2.75) is 105 Å². The molecule has 0 unspecified atom stereocenters. The number of nitrogens with one attached hydrogen (secondary N) is 1. The summed E-state index contributed by atoms with van der Waals surface area (Å²) in [5.74, 6) is 0. The molecule has 4 heteroatoms. The Balaban J connectivity index is 1.93. The second-order valence-electron chi connectivity index (χ2n) is 8.65. The summed E-state index contributed by atoms with van der Waals surface area (Å²) in [6.07, 6.45) is 13.9. The van der Waals surface area contributed by atoms with Crippen LogP contribution in [0.2, 0.25) is 0 Å². The number of unbranched alkanes of at least 4 members (excludes halogenated alkanes) is 7. The third kappa shape index (κ3) is 11.6. The lowest BCUT2D eigenvalue weighted by molar-refractivity contribution is 0.406. The number of aromatic nitrogens is 3. The van der Waals surface area contributed by atoms with Gasteiger partial charge in [-0.3, -0.25) is 4.68 Å². The summed E-state index contributed by atoms with van der Waals surface area (Å²) in [5, 5.41) is 12.0. The maximum absolute atomic E-state index is 4.28. The van der Waals surface area contributed by atoms with Gasteiger partial charge in [0.25, 0.3) is 0 Å². The van der Waals surface area contributed by atoms with Crippen LogP contribution in [0.1, 0.15) is 91.7 Å². The molecule has 1 aromatic heterocycles. The van der Waals surface area contributed by atoms with Gasteiger partial charge in [-0.15, -0.1) is 5.10 Å². The molecule has 24 heavy (non-hydrogen) atoms. The van der Waals surface area contributed by atoms with Crippen LogP contribution in [0.3, 0.4) is 0 Å². The van der Waals surface area contributed by atoms with E-state index in [4.69, 9.17) is 0 Å². The lowest BCUT2D eigenvalue weighted by Crippen LogP contribution is -2.23. The van der Waals surface area contributed by atoms with Gasteiger partial charge in [-0.1, -0.05) is 78.4 Å². The zero-order chi connectivity index (χ0) is 17.8. The lowest BCUT2D eigenvalue weighted by atomic mass is 9.91. The molecule has 0 spiro atoms. The molecule has 0 aromatic carbocycles. The summed E-state index contributed by atoms with van der Waals surface area (Å²) in [5.41, 5.74) is 1.40. The van der Waals surface area contributed by atoms with Gasteiger partial charge in [-0.2, -0.15) is 0 Å². The third-order valence-electron chi connectivity index (χ3n) is 4.16. The molecule has 0 saturated carbocycles. The fourth-order valence-corrected chi connectivity index (χ4v) is 2.92. The summed E-state index contributed by atoms with van der Waals surface area (Å²) >= 11 is 0. The van der Waals surface area contributed by atoms with E-state index in [1.54, 1.807) is 0 Å². The summed E-state index contributed by atoms with van der Waals surface area (Å²) < 4.78 is 2.02. The van der Waals surface area contributed by atoms with E-state index in [-0.39, 0.29) is 5.41 Å². The number of hydrogen-bond acceptors (Lipinski definition) is 3. The Morgan fingerprint density at radius 2 is 1.54 bits per heavy atom. The Morgan fingerprint density at radius 1 is 0.958 bits per heavy atom. The van der Waals surface area contributed by atoms with Crippen LogP contribution < -0.4 is 5.32 Å². The fourth-order valence-electron chi connectivity index (χ4n) is 2.92. The van der Waals surface area contributed by atoms with Crippen LogP contribution in [0.4, 0.5) is 0 Å². The average Bonchev–Trinajstić information content (AvgIpc) is 2.89. The van der Waals surface area contributed by atoms with E-state index in [0.29, 0.717) is 6.04 Å². The first-order valence-corrected chi connectivity index (χ1v) is 9.99. The third-order valence-corrected chi connectivity index (χ3v) is 4.16. The lowest BCUT2D eigenvalue weighted by Gasteiger charge is -2.15. The van der Waals surface area contributed by atoms with Gasteiger partial charge < -0.3 is 5.32 Å². The van der Waals surface area contributed by atoms with Crippen molar-refractivity contribution in [3.05, 3.63) is 11.9 Å². The molecular formula is C20H40N4. The molecular weight excluding hydrogens is 296 g/mol. The van der Waals surface area contributed by atoms with E-state index in [1.807, 2.05) is 4.68 Å². The molecule has 0 saturated heterocycles. The van der Waals surface area contributed by atoms with Crippen molar-refractivity contribution < 1.29 is 0 Å². The van der Waals surface area contributed by atoms with Crippen LogP contribution in [0.25, 0.3) is 0 Å². The highest BCUT2D eigenvalue weighted by atomic mass is 15.4. The van der Waals surface area contributed by atoms with E-state index in [0.717, 1.165) is 18.7 Å². The molecule has 0 aliphatic rings. The first kappa shape index (κ1) is 21.1. The van der Waals surface area contributed by atoms with E-state index >= 15 is 0 Å². The molecule has 0 fully saturated rings. The highest BCUT2D eigenvalue weighted by molar-refractivity contribution is 4.95. The topological polar surface area (TPSA) is 42.7 Å². The molecule has 140 valence electrons. The molecule has 0 amide bonds. The predicted molar refractivity (Wildman–Crippen MR) is 103 cm³/mol. The van der Waals surface area contributed by atoms with E-state index in [9.17, 15) is 0 Å². The molecule has 0 radical (unpaired) electrons. The fraction of sp³-hybridized carbons (Fsp3) is 0.900. The summed E-state index contributed by atoms with van der Waals surface area (Å²) in [6, 6.07) is 0.625. The molecule has 1 N–H and O–H groups in total. The maximum Gasteiger partial charge on any atom is 0.0832 e. The highest BCUT2D eigenvalue weighted by Crippen LogP contribution is 2.18. The molecule has 4 nitrogen and oxygen atoms in total. The number of hydrogen-bond donors (Lipinski definition) is 1. The van der Waals surface area contributed by atoms with Crippen molar-refractivity contribution in [2.24, 2.45) is 5.41 Å². The summed E-state index contributed by atoms with van der Waals surface area (Å²) in [6.45, 7) is 13.3. The van der Waals surface area contributed by atoms with E-state index in [2.05, 4.69) is 56.4 Å². The Kier molecular flexibility index (Phi) is 10.2. The Hall–Kier alpha value is -0.900. The van der Waals surface area contributed by atoms with Crippen LogP contribution in [-0.4, -0.2) is 27.6 Å². The van der Waals surface area contributed by atoms with E-state index in [1.165, 1.54) is 57.9 Å². The SMILES string of the molecule is CC(C)NCCCCCCCCCCn1cc(CC(C)(C)C)nn1. The molecule has 0 aliphatic heterocycles. The van der Waals surface area contributed by atoms with Crippen LogP contribution in [-0.2, 0) is 13.0 Å². The van der Waals surface area contributed by atoms with Crippen molar-refractivity contribution in [2.75, 3.05) is 6.54 Å². The van der Waals surface area contributed by atoms with Crippen molar-refractivity contribution in [3.8, 4) is 0 Å². The van der Waals surface area contributed by atoms with Gasteiger partial charge in [0.15, 0.2) is 0 Å². The zero-order valence-electron chi connectivity index (χ0n) is 16.8. The monoisotopic (exact) mass is 336 g/mol. The second kappa shape index (κ2) is 11.6. The molecule has 0 aliphatic carbocycles. The van der Waals surface area contributed by atoms with Crippen LogP contribution in [0, 0.1) is 5.41 Å². The van der Waals surface area contributed by atoms with Gasteiger partial charge in [0.05, 0.1) is 5.69 Å². The predicted octanol–water partition coefficient (Wildman–Crippen LogP) is 4.99. The van der Waals surface area contributed by atoms with Crippen LogP contribution in [0.5, 0.6) is 0 Å². The number of aryl methyl sites for hydroxylation is 1. The van der Waals surface area contributed by atoms with Gasteiger partial charge in [0, 0.05) is 18.8 Å². The largest absolute Gasteiger partial charge is 0.315 e. The van der Waals surface area contributed by atoms with Gasteiger partial charge in [-0.05, 0) is 31.2 Å².